The molecule has 0 spiro atoms. The van der Waals surface area contributed by atoms with Gasteiger partial charge in [-0.3, -0.25) is 4.79 Å². The van der Waals surface area contributed by atoms with Crippen molar-refractivity contribution in [2.75, 3.05) is 0 Å². The third kappa shape index (κ3) is 5.69. The molecule has 24 heavy (non-hydrogen) atoms. The second-order valence-corrected chi connectivity index (χ2v) is 6.45. The second-order valence-electron chi connectivity index (χ2n) is 4.73. The van der Waals surface area contributed by atoms with Crippen LogP contribution in [0, 0.1) is 0 Å². The molecule has 0 saturated carbocycles. The lowest BCUT2D eigenvalue weighted by Gasteiger charge is -2.19. The molecule has 0 aliphatic rings. The first-order chi connectivity index (χ1) is 10.8. The maximum Gasteiger partial charge on any atom is 0.416 e. The molecule has 0 bridgehead atoms. The van der Waals surface area contributed by atoms with Gasteiger partial charge in [-0.1, -0.05) is 19.1 Å². The fourth-order valence-corrected chi connectivity index (χ4v) is 3.11. The first-order valence-electron chi connectivity index (χ1n) is 6.46. The zero-order valence-electron chi connectivity index (χ0n) is 12.1. The van der Waals surface area contributed by atoms with Crippen molar-refractivity contribution >= 4 is 16.1 Å². The highest BCUT2D eigenvalue weighted by molar-refractivity contribution is 7.87. The summed E-state index contributed by atoms with van der Waals surface area (Å²) in [6.07, 6.45) is -12.0. The zero-order chi connectivity index (χ0) is 18.8. The van der Waals surface area contributed by atoms with E-state index in [1.807, 2.05) is 0 Å². The van der Waals surface area contributed by atoms with Gasteiger partial charge >= 0.3 is 28.4 Å². The van der Waals surface area contributed by atoms with Crippen molar-refractivity contribution in [2.45, 2.75) is 37.4 Å². The Morgan fingerprint density at radius 3 is 1.96 bits per heavy atom. The van der Waals surface area contributed by atoms with Gasteiger partial charge in [-0.05, 0) is 17.7 Å². The fraction of sp³-hybridized carbons (Fsp3) is 0.462. The summed E-state index contributed by atoms with van der Waals surface area (Å²) in [4.78, 5) is 11.1. The lowest BCUT2D eigenvalue weighted by Crippen LogP contribution is -2.25. The molecular weight excluding hydrogens is 366 g/mol. The highest BCUT2D eigenvalue weighted by Crippen LogP contribution is 2.37. The predicted molar refractivity (Wildman–Crippen MR) is 70.2 cm³/mol. The Morgan fingerprint density at radius 1 is 1.08 bits per heavy atom. The third-order valence-electron chi connectivity index (χ3n) is 2.87. The van der Waals surface area contributed by atoms with E-state index in [1.165, 1.54) is 6.92 Å². The van der Waals surface area contributed by atoms with E-state index < -0.39 is 57.7 Å². The Bertz CT molecular complexity index is 676. The highest BCUT2D eigenvalue weighted by Gasteiger charge is 2.41. The van der Waals surface area contributed by atoms with Crippen molar-refractivity contribution in [1.82, 2.24) is 0 Å². The maximum absolute atomic E-state index is 12.6. The summed E-state index contributed by atoms with van der Waals surface area (Å²) >= 11 is 0. The van der Waals surface area contributed by atoms with Gasteiger partial charge in [0, 0.05) is 6.42 Å². The second kappa shape index (κ2) is 6.99. The minimum absolute atomic E-state index is 0.398. The summed E-state index contributed by atoms with van der Waals surface area (Å²) in [7, 11) is -5.02. The van der Waals surface area contributed by atoms with Crippen LogP contribution in [0.15, 0.2) is 24.3 Å². The van der Waals surface area contributed by atoms with Crippen LogP contribution >= 0.6 is 0 Å². The van der Waals surface area contributed by atoms with Gasteiger partial charge in [0.05, 0.1) is 12.0 Å². The molecule has 1 aromatic carbocycles. The Kier molecular flexibility index (Phi) is 5.91. The van der Waals surface area contributed by atoms with Gasteiger partial charge in [-0.15, -0.1) is 0 Å². The van der Waals surface area contributed by atoms with Crippen LogP contribution in [0.2, 0.25) is 0 Å². The topological polar surface area (TPSA) is 60.4 Å². The van der Waals surface area contributed by atoms with Crippen molar-refractivity contribution in [3.63, 3.8) is 0 Å². The molecule has 11 heteroatoms. The van der Waals surface area contributed by atoms with Crippen molar-refractivity contribution in [2.24, 2.45) is 0 Å². The molecule has 1 unspecified atom stereocenters. The number of rotatable bonds is 5. The minimum Gasteiger partial charge on any atom is -0.345 e. The molecule has 4 nitrogen and oxygen atoms in total. The largest absolute Gasteiger partial charge is 0.416 e. The van der Waals surface area contributed by atoms with E-state index in [4.69, 9.17) is 0 Å². The Balaban J connectivity index is 3.26. The third-order valence-corrected chi connectivity index (χ3v) is 4.43. The van der Waals surface area contributed by atoms with Crippen LogP contribution < -0.4 is 0 Å². The minimum atomic E-state index is -5.02. The van der Waals surface area contributed by atoms with E-state index >= 15 is 0 Å². The average Bonchev–Trinajstić information content (AvgIpc) is 2.42. The van der Waals surface area contributed by atoms with Crippen LogP contribution in [-0.4, -0.2) is 20.6 Å². The van der Waals surface area contributed by atoms with Gasteiger partial charge in [0.2, 0.25) is 0 Å². The highest BCUT2D eigenvalue weighted by atomic mass is 32.2. The molecule has 1 rings (SSSR count). The molecule has 0 saturated heterocycles. The molecule has 0 aliphatic heterocycles. The van der Waals surface area contributed by atoms with Crippen LogP contribution in [0.25, 0.3) is 0 Å². The van der Waals surface area contributed by atoms with Gasteiger partial charge < -0.3 is 4.18 Å². The normalized spacial score (nSPS) is 14.3. The van der Waals surface area contributed by atoms with Gasteiger partial charge in [-0.25, -0.2) is 0 Å². The quantitative estimate of drug-likeness (QED) is 0.574. The molecule has 1 atom stereocenters. The van der Waals surface area contributed by atoms with E-state index in [2.05, 4.69) is 4.18 Å². The summed E-state index contributed by atoms with van der Waals surface area (Å²) in [6, 6.07) is 2.12. The molecule has 0 amide bonds. The van der Waals surface area contributed by atoms with Crippen LogP contribution in [-0.2, 0) is 25.3 Å². The van der Waals surface area contributed by atoms with E-state index in [-0.39, 0.29) is 0 Å². The Labute approximate surface area is 133 Å². The molecule has 136 valence electrons. The maximum atomic E-state index is 12.6. The van der Waals surface area contributed by atoms with E-state index in [9.17, 15) is 39.6 Å². The Hall–Kier alpha value is -1.78. The van der Waals surface area contributed by atoms with Crippen LogP contribution in [0.4, 0.5) is 26.3 Å². The van der Waals surface area contributed by atoms with E-state index in [1.54, 1.807) is 0 Å². The van der Waals surface area contributed by atoms with Crippen LogP contribution in [0.5, 0.6) is 0 Å². The number of alkyl halides is 6. The number of hydrogen-bond donors (Lipinski definition) is 0. The van der Waals surface area contributed by atoms with Gasteiger partial charge in [0.15, 0.2) is 0 Å². The molecule has 1 aromatic rings. The van der Waals surface area contributed by atoms with E-state index in [0.717, 1.165) is 0 Å². The number of hydrogen-bond acceptors (Lipinski definition) is 4. The molecule has 0 radical (unpaired) electrons. The van der Waals surface area contributed by atoms with E-state index in [0.29, 0.717) is 24.3 Å². The lowest BCUT2D eigenvalue weighted by molar-refractivity contribution is -0.138. The van der Waals surface area contributed by atoms with Crippen molar-refractivity contribution < 1.29 is 43.7 Å². The average molecular weight is 378 g/mol. The van der Waals surface area contributed by atoms with Crippen LogP contribution in [0.1, 0.15) is 36.1 Å². The van der Waals surface area contributed by atoms with Crippen LogP contribution in [0.3, 0.4) is 0 Å². The number of halogens is 6. The van der Waals surface area contributed by atoms with Crippen molar-refractivity contribution in [3.05, 3.63) is 35.4 Å². The molecule has 0 N–H and O–H groups in total. The lowest BCUT2D eigenvalue weighted by atomic mass is 10.1. The van der Waals surface area contributed by atoms with Gasteiger partial charge in [-0.2, -0.15) is 34.8 Å². The first kappa shape index (κ1) is 20.3. The van der Waals surface area contributed by atoms with Gasteiger partial charge in [0.25, 0.3) is 0 Å². The summed E-state index contributed by atoms with van der Waals surface area (Å²) in [6.45, 7) is 1.23. The molecule has 0 aliphatic carbocycles. The number of carbonyl (C=O) groups is 1. The number of carbonyl (C=O) groups excluding carboxylic acids is 1. The zero-order valence-corrected chi connectivity index (χ0v) is 12.9. The SMILES string of the molecule is CCC(=O)OS(=O)(=O)C(CC(F)(F)F)c1ccc(C(F)(F)F)cc1. The smallest absolute Gasteiger partial charge is 0.345 e. The summed E-state index contributed by atoms with van der Waals surface area (Å²) in [5, 5.41) is -2.35. The monoisotopic (exact) mass is 378 g/mol. The summed E-state index contributed by atoms with van der Waals surface area (Å²) in [5.41, 5.74) is -1.72. The fourth-order valence-electron chi connectivity index (χ4n) is 1.73. The van der Waals surface area contributed by atoms with Gasteiger partial charge in [0.1, 0.15) is 5.25 Å². The standard InChI is InChI=1S/C13H12F6O4S/c1-2-11(20)23-24(21,22)10(7-12(14,15)16)8-3-5-9(6-4-8)13(17,18)19/h3-6,10H,2,7H2,1H3. The molecule has 0 heterocycles. The molecule has 0 aromatic heterocycles. The molecule has 0 fully saturated rings. The van der Waals surface area contributed by atoms with Crippen molar-refractivity contribution in [1.29, 1.82) is 0 Å². The molecular formula is C13H12F6O4S. The van der Waals surface area contributed by atoms with Crippen molar-refractivity contribution in [3.8, 4) is 0 Å². The Morgan fingerprint density at radius 2 is 1.58 bits per heavy atom. The summed E-state index contributed by atoms with van der Waals surface area (Å²) in [5.74, 6) is -1.27. The predicted octanol–water partition coefficient (Wildman–Crippen LogP) is 3.98. The number of benzene rings is 1. The summed E-state index contributed by atoms with van der Waals surface area (Å²) < 4.78 is 103. The first-order valence-corrected chi connectivity index (χ1v) is 7.93.